The lowest BCUT2D eigenvalue weighted by molar-refractivity contribution is -0.869. The second kappa shape index (κ2) is 7.02. The zero-order valence-corrected chi connectivity index (χ0v) is 15.6. The van der Waals surface area contributed by atoms with Crippen molar-refractivity contribution in [2.45, 2.75) is 0 Å². The van der Waals surface area contributed by atoms with E-state index in [-0.39, 0.29) is 18.4 Å². The quantitative estimate of drug-likeness (QED) is 0.714. The second-order valence-electron chi connectivity index (χ2n) is 6.73. The van der Waals surface area contributed by atoms with Gasteiger partial charge in [0.25, 0.3) is 11.8 Å². The van der Waals surface area contributed by atoms with E-state index < -0.39 is 0 Å². The highest BCUT2D eigenvalue weighted by Crippen LogP contribution is 2.36. The van der Waals surface area contributed by atoms with E-state index in [1.807, 2.05) is 55.6 Å². The first kappa shape index (κ1) is 17.5. The Morgan fingerprint density at radius 3 is 2.59 bits per heavy atom. The van der Waals surface area contributed by atoms with Gasteiger partial charge in [0.15, 0.2) is 13.2 Å². The van der Waals surface area contributed by atoms with Crippen LogP contribution < -0.4 is 15.1 Å². The van der Waals surface area contributed by atoms with Crippen LogP contribution in [0.3, 0.4) is 0 Å². The zero-order chi connectivity index (χ0) is 19.0. The molecule has 1 aliphatic heterocycles. The first-order valence-corrected chi connectivity index (χ1v) is 9.11. The van der Waals surface area contributed by atoms with Gasteiger partial charge in [-0.05, 0) is 29.7 Å². The monoisotopic (exact) mass is 380 g/mol. The molecule has 1 heterocycles. The van der Waals surface area contributed by atoms with E-state index in [2.05, 4.69) is 5.32 Å². The van der Waals surface area contributed by atoms with E-state index >= 15 is 0 Å². The van der Waals surface area contributed by atoms with E-state index in [1.54, 1.807) is 17.0 Å². The van der Waals surface area contributed by atoms with Crippen LogP contribution in [-0.4, -0.2) is 32.1 Å². The van der Waals surface area contributed by atoms with Crippen molar-refractivity contribution in [1.29, 1.82) is 0 Å². The summed E-state index contributed by atoms with van der Waals surface area (Å²) in [7, 11) is 1.89. The van der Waals surface area contributed by atoms with Crippen molar-refractivity contribution in [2.24, 2.45) is 0 Å². The van der Waals surface area contributed by atoms with Gasteiger partial charge in [0.05, 0.1) is 29.0 Å². The topological polar surface area (TPSA) is 53.9 Å². The molecule has 1 aliphatic rings. The number of halogens is 1. The fourth-order valence-corrected chi connectivity index (χ4v) is 3.68. The molecule has 0 aromatic heterocycles. The third-order valence-electron chi connectivity index (χ3n) is 4.69. The van der Waals surface area contributed by atoms with Crippen molar-refractivity contribution < 1.29 is 14.5 Å². The molecule has 6 heteroatoms. The van der Waals surface area contributed by atoms with Gasteiger partial charge in [0, 0.05) is 5.39 Å². The van der Waals surface area contributed by atoms with Gasteiger partial charge in [-0.1, -0.05) is 48.0 Å². The van der Waals surface area contributed by atoms with Crippen LogP contribution in [0.4, 0.5) is 11.4 Å². The Morgan fingerprint density at radius 1 is 1.07 bits per heavy atom. The van der Waals surface area contributed by atoms with Crippen molar-refractivity contribution in [2.75, 3.05) is 30.5 Å². The Labute approximate surface area is 162 Å². The van der Waals surface area contributed by atoms with E-state index in [4.69, 9.17) is 11.6 Å². The number of quaternary nitrogens is 1. The number of amides is 2. The highest BCUT2D eigenvalue weighted by molar-refractivity contribution is 6.33. The van der Waals surface area contributed by atoms with Crippen molar-refractivity contribution in [3.05, 3.63) is 71.2 Å². The largest absolute Gasteiger partial charge is 0.320 e. The predicted octanol–water partition coefficient (Wildman–Crippen LogP) is 2.56. The van der Waals surface area contributed by atoms with Crippen LogP contribution in [0, 0.1) is 0 Å². The molecular weight excluding hydrogens is 362 g/mol. The van der Waals surface area contributed by atoms with E-state index in [9.17, 15) is 9.59 Å². The second-order valence-corrected chi connectivity index (χ2v) is 7.14. The Kier molecular flexibility index (Phi) is 4.56. The van der Waals surface area contributed by atoms with Gasteiger partial charge in [0.1, 0.15) is 0 Å². The summed E-state index contributed by atoms with van der Waals surface area (Å²) in [6.07, 6.45) is 0. The molecular formula is C21H19ClN3O2+. The standard InChI is InChI=1S/C21H18ClN3O2/c1-24(12-19(26)23-17-10-3-2-9-16(17)22)13-25-18-11-5-7-14-6-4-8-15(20(14)18)21(25)27/h2-11H,12-13H2,1H3,(H,23,26)/p+1. The maximum atomic E-state index is 12.8. The van der Waals surface area contributed by atoms with Gasteiger partial charge < -0.3 is 10.2 Å². The molecule has 3 aromatic rings. The summed E-state index contributed by atoms with van der Waals surface area (Å²) in [6, 6.07) is 18.8. The molecule has 1 atom stereocenters. The van der Waals surface area contributed by atoms with E-state index in [0.717, 1.165) is 26.9 Å². The van der Waals surface area contributed by atoms with Crippen LogP contribution in [0.15, 0.2) is 60.7 Å². The van der Waals surface area contributed by atoms with Gasteiger partial charge in [0.2, 0.25) is 0 Å². The minimum absolute atomic E-state index is 0.0207. The SMILES string of the molecule is C[NH+](CC(=O)Nc1ccccc1Cl)CN1C(=O)c2cccc3cccc1c23. The normalized spacial score (nSPS) is 13.9. The molecule has 4 rings (SSSR count). The molecule has 0 saturated heterocycles. The lowest BCUT2D eigenvalue weighted by Gasteiger charge is -2.22. The number of benzene rings is 3. The third kappa shape index (κ3) is 3.27. The van der Waals surface area contributed by atoms with Crippen molar-refractivity contribution >= 4 is 45.6 Å². The maximum absolute atomic E-state index is 12.8. The van der Waals surface area contributed by atoms with Gasteiger partial charge in [-0.25, -0.2) is 0 Å². The Hall–Kier alpha value is -2.89. The molecule has 5 nitrogen and oxygen atoms in total. The smallest absolute Gasteiger partial charge is 0.279 e. The van der Waals surface area contributed by atoms with Crippen molar-refractivity contribution in [1.82, 2.24) is 0 Å². The Balaban J connectivity index is 1.47. The predicted molar refractivity (Wildman–Crippen MR) is 107 cm³/mol. The number of carbonyl (C=O) groups excluding carboxylic acids is 2. The molecule has 0 aliphatic carbocycles. The van der Waals surface area contributed by atoms with Crippen molar-refractivity contribution in [3.8, 4) is 0 Å². The lowest BCUT2D eigenvalue weighted by Crippen LogP contribution is -3.12. The summed E-state index contributed by atoms with van der Waals surface area (Å²) in [6.45, 7) is 0.629. The van der Waals surface area contributed by atoms with Crippen LogP contribution in [0.1, 0.15) is 10.4 Å². The van der Waals surface area contributed by atoms with E-state index in [1.165, 1.54) is 0 Å². The first-order valence-electron chi connectivity index (χ1n) is 8.74. The molecule has 3 aromatic carbocycles. The molecule has 0 fully saturated rings. The fourth-order valence-electron chi connectivity index (χ4n) is 3.49. The number of anilines is 2. The number of likely N-dealkylation sites (N-methyl/N-ethyl adjacent to an activating group) is 1. The molecule has 136 valence electrons. The molecule has 0 spiro atoms. The molecule has 2 amide bonds. The summed E-state index contributed by atoms with van der Waals surface area (Å²) < 4.78 is 0. The average Bonchev–Trinajstić information content (AvgIpc) is 2.92. The Bertz CT molecular complexity index is 1050. The summed E-state index contributed by atoms with van der Waals surface area (Å²) in [5, 5.41) is 5.35. The van der Waals surface area contributed by atoms with Gasteiger partial charge >= 0.3 is 0 Å². The number of nitrogens with zero attached hydrogens (tertiary/aromatic N) is 1. The summed E-state index contributed by atoms with van der Waals surface area (Å²) >= 11 is 6.08. The van der Waals surface area contributed by atoms with Crippen molar-refractivity contribution in [3.63, 3.8) is 0 Å². The first-order chi connectivity index (χ1) is 13.0. The highest BCUT2D eigenvalue weighted by Gasteiger charge is 2.31. The fraction of sp³-hybridized carbons (Fsp3) is 0.143. The van der Waals surface area contributed by atoms with Crippen LogP contribution in [0.2, 0.25) is 5.02 Å². The molecule has 2 N–H and O–H groups in total. The van der Waals surface area contributed by atoms with Crippen LogP contribution in [0.25, 0.3) is 10.8 Å². The number of para-hydroxylation sites is 1. The maximum Gasteiger partial charge on any atom is 0.279 e. The lowest BCUT2D eigenvalue weighted by atomic mass is 10.1. The highest BCUT2D eigenvalue weighted by atomic mass is 35.5. The number of rotatable bonds is 5. The number of hydrogen-bond acceptors (Lipinski definition) is 2. The van der Waals surface area contributed by atoms with Crippen LogP contribution in [0.5, 0.6) is 0 Å². The molecule has 0 saturated carbocycles. The summed E-state index contributed by atoms with van der Waals surface area (Å²) in [5.41, 5.74) is 2.21. The summed E-state index contributed by atoms with van der Waals surface area (Å²) in [5.74, 6) is -0.171. The molecule has 1 unspecified atom stereocenters. The number of nitrogens with one attached hydrogen (secondary N) is 2. The van der Waals surface area contributed by atoms with Crippen LogP contribution >= 0.6 is 11.6 Å². The zero-order valence-electron chi connectivity index (χ0n) is 14.8. The average molecular weight is 381 g/mol. The molecule has 27 heavy (non-hydrogen) atoms. The van der Waals surface area contributed by atoms with E-state index in [0.29, 0.717) is 17.4 Å². The molecule has 0 bridgehead atoms. The number of carbonyl (C=O) groups is 2. The Morgan fingerprint density at radius 2 is 1.81 bits per heavy atom. The third-order valence-corrected chi connectivity index (χ3v) is 5.02. The molecule has 0 radical (unpaired) electrons. The minimum Gasteiger partial charge on any atom is -0.320 e. The van der Waals surface area contributed by atoms with Gasteiger partial charge in [-0.3, -0.25) is 14.5 Å². The van der Waals surface area contributed by atoms with Gasteiger partial charge in [-0.2, -0.15) is 0 Å². The summed E-state index contributed by atoms with van der Waals surface area (Å²) in [4.78, 5) is 27.8. The van der Waals surface area contributed by atoms with Crippen LogP contribution in [-0.2, 0) is 4.79 Å². The van der Waals surface area contributed by atoms with Gasteiger partial charge in [-0.15, -0.1) is 0 Å². The number of hydrogen-bond donors (Lipinski definition) is 2. The minimum atomic E-state index is -0.150.